The fraction of sp³-hybridized carbons (Fsp3) is 0.765. The van der Waals surface area contributed by atoms with E-state index in [9.17, 15) is 4.79 Å². The molecule has 0 radical (unpaired) electrons. The molecule has 6 heteroatoms. The maximum absolute atomic E-state index is 12.6. The van der Waals surface area contributed by atoms with E-state index in [-0.39, 0.29) is 29.4 Å². The molecule has 2 saturated carbocycles. The van der Waals surface area contributed by atoms with E-state index in [4.69, 9.17) is 5.73 Å². The molecule has 0 bridgehead atoms. The first-order valence-electron chi connectivity index (χ1n) is 8.37. The number of carbonyl (C=O) groups is 1. The van der Waals surface area contributed by atoms with Crippen LogP contribution in [0.3, 0.4) is 0 Å². The number of nitrogens with one attached hydrogen (secondary N) is 1. The van der Waals surface area contributed by atoms with Crippen molar-refractivity contribution in [3.8, 4) is 0 Å². The van der Waals surface area contributed by atoms with Gasteiger partial charge in [0.2, 0.25) is 0 Å². The van der Waals surface area contributed by atoms with Gasteiger partial charge in [0, 0.05) is 18.2 Å². The molecule has 1 unspecified atom stereocenters. The van der Waals surface area contributed by atoms with Gasteiger partial charge in [0.15, 0.2) is 0 Å². The van der Waals surface area contributed by atoms with Crippen LogP contribution in [0.15, 0.2) is 6.07 Å². The highest BCUT2D eigenvalue weighted by molar-refractivity contribution is 5.93. The van der Waals surface area contributed by atoms with Crippen LogP contribution in [0, 0.1) is 5.92 Å². The topological polar surface area (TPSA) is 72.9 Å². The van der Waals surface area contributed by atoms with Crippen molar-refractivity contribution in [2.75, 3.05) is 6.54 Å². The minimum atomic E-state index is -0.303. The third kappa shape index (κ3) is 3.72. The van der Waals surface area contributed by atoms with Gasteiger partial charge in [0.1, 0.15) is 5.69 Å². The van der Waals surface area contributed by atoms with Crippen LogP contribution in [-0.2, 0) is 5.54 Å². The fourth-order valence-corrected chi connectivity index (χ4v) is 3.08. The first kappa shape index (κ1) is 18.3. The zero-order valence-corrected chi connectivity index (χ0v) is 15.4. The van der Waals surface area contributed by atoms with E-state index in [1.54, 1.807) is 0 Å². The van der Waals surface area contributed by atoms with Gasteiger partial charge >= 0.3 is 0 Å². The van der Waals surface area contributed by atoms with E-state index >= 15 is 0 Å². The van der Waals surface area contributed by atoms with Gasteiger partial charge in [-0.25, -0.2) is 0 Å². The number of rotatable bonds is 5. The molecule has 1 atom stereocenters. The van der Waals surface area contributed by atoms with Crippen LogP contribution in [0.1, 0.15) is 75.5 Å². The number of nitrogens with zero attached hydrogens (tertiary/aromatic N) is 2. The number of carbonyl (C=O) groups excluding carboxylic acids is 1. The van der Waals surface area contributed by atoms with Crippen molar-refractivity contribution in [2.45, 2.75) is 70.4 Å². The summed E-state index contributed by atoms with van der Waals surface area (Å²) in [6.45, 7) is 8.90. The Bertz CT molecular complexity index is 584. The molecule has 130 valence electrons. The highest BCUT2D eigenvalue weighted by Crippen LogP contribution is 2.42. The second kappa shape index (κ2) is 6.10. The largest absolute Gasteiger partial charge is 0.344 e. The van der Waals surface area contributed by atoms with Crippen LogP contribution >= 0.6 is 12.4 Å². The average molecular weight is 341 g/mol. The molecule has 5 nitrogen and oxygen atoms in total. The van der Waals surface area contributed by atoms with Crippen molar-refractivity contribution in [2.24, 2.45) is 11.7 Å². The SMILES string of the molecule is CC(CN)(NC(=O)c1cc(C2CC2)n(C(C)(C)C)n1)C1CC1.Cl. The Balaban J connectivity index is 0.00000192. The van der Waals surface area contributed by atoms with Gasteiger partial charge < -0.3 is 11.1 Å². The molecule has 1 aromatic rings. The number of hydrogen-bond donors (Lipinski definition) is 2. The smallest absolute Gasteiger partial charge is 0.272 e. The maximum atomic E-state index is 12.6. The summed E-state index contributed by atoms with van der Waals surface area (Å²) in [6.07, 6.45) is 4.70. The lowest BCUT2D eigenvalue weighted by molar-refractivity contribution is 0.0891. The Morgan fingerprint density at radius 2 is 1.91 bits per heavy atom. The summed E-state index contributed by atoms with van der Waals surface area (Å²) in [7, 11) is 0. The van der Waals surface area contributed by atoms with E-state index < -0.39 is 0 Å². The molecule has 3 N–H and O–H groups in total. The molecule has 0 spiro atoms. The summed E-state index contributed by atoms with van der Waals surface area (Å²) in [5.41, 5.74) is 7.20. The summed E-state index contributed by atoms with van der Waals surface area (Å²) in [5, 5.41) is 7.74. The number of halogens is 1. The molecule has 2 aliphatic rings. The van der Waals surface area contributed by atoms with Crippen LogP contribution in [0.5, 0.6) is 0 Å². The summed E-state index contributed by atoms with van der Waals surface area (Å²) in [6, 6.07) is 1.97. The van der Waals surface area contributed by atoms with Crippen molar-refractivity contribution in [1.29, 1.82) is 0 Å². The molecule has 1 heterocycles. The van der Waals surface area contributed by atoms with Crippen molar-refractivity contribution in [1.82, 2.24) is 15.1 Å². The molecule has 1 aromatic heterocycles. The summed E-state index contributed by atoms with van der Waals surface area (Å²) < 4.78 is 2.02. The molecule has 2 aliphatic carbocycles. The monoisotopic (exact) mass is 340 g/mol. The lowest BCUT2D eigenvalue weighted by Gasteiger charge is -2.29. The van der Waals surface area contributed by atoms with E-state index in [1.807, 2.05) is 17.7 Å². The Hall–Kier alpha value is -1.07. The lowest BCUT2D eigenvalue weighted by Crippen LogP contribution is -2.53. The van der Waals surface area contributed by atoms with Gasteiger partial charge in [-0.1, -0.05) is 0 Å². The third-order valence-electron chi connectivity index (χ3n) is 4.90. The number of nitrogens with two attached hydrogens (primary N) is 1. The standard InChI is InChI=1S/C17H28N4O.ClH/c1-16(2,3)21-14(11-5-6-11)9-13(20-21)15(22)19-17(4,10-18)12-7-8-12;/h9,11-12H,5-8,10,18H2,1-4H3,(H,19,22);1H. The second-order valence-corrected chi connectivity index (χ2v) is 8.16. The van der Waals surface area contributed by atoms with Crippen LogP contribution in [-0.4, -0.2) is 27.8 Å². The number of amides is 1. The van der Waals surface area contributed by atoms with Crippen molar-refractivity contribution in [3.63, 3.8) is 0 Å². The Labute approximate surface area is 144 Å². The number of aromatic nitrogens is 2. The first-order valence-corrected chi connectivity index (χ1v) is 8.37. The number of hydrogen-bond acceptors (Lipinski definition) is 3. The highest BCUT2D eigenvalue weighted by atomic mass is 35.5. The van der Waals surface area contributed by atoms with Crippen molar-refractivity contribution < 1.29 is 4.79 Å². The van der Waals surface area contributed by atoms with Gasteiger partial charge in [-0.2, -0.15) is 5.10 Å². The van der Waals surface area contributed by atoms with E-state index in [2.05, 4.69) is 31.2 Å². The lowest BCUT2D eigenvalue weighted by atomic mass is 9.96. The van der Waals surface area contributed by atoms with E-state index in [0.29, 0.717) is 24.1 Å². The van der Waals surface area contributed by atoms with E-state index in [0.717, 1.165) is 12.8 Å². The average Bonchev–Trinajstić information content (AvgIpc) is 3.34. The molecular formula is C17H29ClN4O. The normalized spacial score (nSPS) is 20.6. The van der Waals surface area contributed by atoms with Crippen LogP contribution in [0.4, 0.5) is 0 Å². The van der Waals surface area contributed by atoms with Gasteiger partial charge in [-0.15, -0.1) is 12.4 Å². The zero-order chi connectivity index (χ0) is 16.1. The predicted octanol–water partition coefficient (Wildman–Crippen LogP) is 2.79. The second-order valence-electron chi connectivity index (χ2n) is 8.16. The molecule has 0 aliphatic heterocycles. The molecule has 23 heavy (non-hydrogen) atoms. The summed E-state index contributed by atoms with van der Waals surface area (Å²) in [4.78, 5) is 12.6. The minimum Gasteiger partial charge on any atom is -0.344 e. The quantitative estimate of drug-likeness (QED) is 0.865. The Kier molecular flexibility index (Phi) is 4.84. The van der Waals surface area contributed by atoms with Crippen molar-refractivity contribution >= 4 is 18.3 Å². The van der Waals surface area contributed by atoms with Gasteiger partial charge in [-0.3, -0.25) is 9.48 Å². The van der Waals surface area contributed by atoms with Crippen LogP contribution in [0.2, 0.25) is 0 Å². The summed E-state index contributed by atoms with van der Waals surface area (Å²) in [5.74, 6) is 0.983. The Morgan fingerprint density at radius 1 is 1.30 bits per heavy atom. The highest BCUT2D eigenvalue weighted by Gasteiger charge is 2.42. The van der Waals surface area contributed by atoms with Crippen LogP contribution in [0.25, 0.3) is 0 Å². The van der Waals surface area contributed by atoms with E-state index in [1.165, 1.54) is 18.5 Å². The van der Waals surface area contributed by atoms with Gasteiger partial charge in [0.25, 0.3) is 5.91 Å². The predicted molar refractivity (Wildman–Crippen MR) is 94.1 cm³/mol. The van der Waals surface area contributed by atoms with Gasteiger partial charge in [0.05, 0.1) is 11.1 Å². The Morgan fingerprint density at radius 3 is 2.35 bits per heavy atom. The van der Waals surface area contributed by atoms with Gasteiger partial charge in [-0.05, 0) is 65.4 Å². The maximum Gasteiger partial charge on any atom is 0.272 e. The molecule has 1 amide bonds. The minimum absolute atomic E-state index is 0. The zero-order valence-electron chi connectivity index (χ0n) is 14.6. The first-order chi connectivity index (χ1) is 10.2. The molecule has 0 aromatic carbocycles. The third-order valence-corrected chi connectivity index (χ3v) is 4.90. The fourth-order valence-electron chi connectivity index (χ4n) is 3.08. The van der Waals surface area contributed by atoms with Crippen LogP contribution < -0.4 is 11.1 Å². The molecule has 0 saturated heterocycles. The summed E-state index contributed by atoms with van der Waals surface area (Å²) >= 11 is 0. The molecule has 3 rings (SSSR count). The molecule has 2 fully saturated rings. The van der Waals surface area contributed by atoms with Crippen molar-refractivity contribution in [3.05, 3.63) is 17.5 Å². The molecular weight excluding hydrogens is 312 g/mol.